The van der Waals surface area contributed by atoms with Gasteiger partial charge in [-0.2, -0.15) is 5.10 Å². The zero-order valence-electron chi connectivity index (χ0n) is 17.2. The predicted molar refractivity (Wildman–Crippen MR) is 114 cm³/mol. The summed E-state index contributed by atoms with van der Waals surface area (Å²) in [5, 5.41) is 8.21. The zero-order chi connectivity index (χ0) is 20.8. The quantitative estimate of drug-likeness (QED) is 0.579. The molecule has 30 heavy (non-hydrogen) atoms. The molecule has 3 aromatic rings. The van der Waals surface area contributed by atoms with Gasteiger partial charge in [-0.1, -0.05) is 12.1 Å². The van der Waals surface area contributed by atoms with Crippen LogP contribution in [-0.4, -0.2) is 61.2 Å². The maximum atomic E-state index is 14.3. The lowest BCUT2D eigenvalue weighted by Gasteiger charge is -2.26. The minimum Gasteiger partial charge on any atom is -0.497 e. The van der Waals surface area contributed by atoms with Gasteiger partial charge in [-0.3, -0.25) is 4.90 Å². The number of hydrogen-bond acceptors (Lipinski definition) is 5. The third kappa shape index (κ3) is 4.87. The summed E-state index contributed by atoms with van der Waals surface area (Å²) in [4.78, 5) is 2.39. The highest BCUT2D eigenvalue weighted by Gasteiger charge is 2.15. The van der Waals surface area contributed by atoms with Crippen LogP contribution in [0.2, 0.25) is 0 Å². The van der Waals surface area contributed by atoms with Gasteiger partial charge in [0.05, 0.1) is 26.0 Å². The summed E-state index contributed by atoms with van der Waals surface area (Å²) >= 11 is 0. The minimum absolute atomic E-state index is 0.298. The summed E-state index contributed by atoms with van der Waals surface area (Å²) in [6.07, 6.45) is 1.90. The van der Waals surface area contributed by atoms with Gasteiger partial charge in [0.1, 0.15) is 17.3 Å². The second-order valence-electron chi connectivity index (χ2n) is 7.26. The molecule has 2 heterocycles. The van der Waals surface area contributed by atoms with Gasteiger partial charge in [0.2, 0.25) is 0 Å². The first-order valence-electron chi connectivity index (χ1n) is 10.2. The van der Waals surface area contributed by atoms with Crippen LogP contribution < -0.4 is 10.1 Å². The van der Waals surface area contributed by atoms with Crippen molar-refractivity contribution in [2.24, 2.45) is 0 Å². The second kappa shape index (κ2) is 9.84. The van der Waals surface area contributed by atoms with E-state index in [1.54, 1.807) is 23.9 Å². The first-order valence-corrected chi connectivity index (χ1v) is 10.2. The molecule has 0 radical (unpaired) electrons. The van der Waals surface area contributed by atoms with Crippen LogP contribution in [0.4, 0.5) is 4.39 Å². The molecule has 0 unspecified atom stereocenters. The maximum absolute atomic E-state index is 14.3. The predicted octanol–water partition coefficient (Wildman–Crippen LogP) is 3.11. The normalized spacial score (nSPS) is 14.7. The van der Waals surface area contributed by atoms with Crippen LogP contribution >= 0.6 is 0 Å². The van der Waals surface area contributed by atoms with E-state index in [-0.39, 0.29) is 5.82 Å². The van der Waals surface area contributed by atoms with Gasteiger partial charge in [0, 0.05) is 50.0 Å². The highest BCUT2D eigenvalue weighted by Crippen LogP contribution is 2.26. The Kier molecular flexibility index (Phi) is 6.74. The van der Waals surface area contributed by atoms with Crippen molar-refractivity contribution < 1.29 is 13.9 Å². The molecule has 158 valence electrons. The first-order chi connectivity index (χ1) is 14.7. The number of ether oxygens (including phenoxy) is 2. The molecule has 6 nitrogen and oxygen atoms in total. The topological polar surface area (TPSA) is 51.5 Å². The summed E-state index contributed by atoms with van der Waals surface area (Å²) in [6.45, 7) is 6.05. The number of hydrogen-bond donors (Lipinski definition) is 1. The second-order valence-corrected chi connectivity index (χ2v) is 7.26. The molecule has 4 rings (SSSR count). The van der Waals surface area contributed by atoms with E-state index < -0.39 is 0 Å². The van der Waals surface area contributed by atoms with E-state index in [4.69, 9.17) is 14.6 Å². The summed E-state index contributed by atoms with van der Waals surface area (Å²) in [6, 6.07) is 14.4. The van der Waals surface area contributed by atoms with E-state index in [0.29, 0.717) is 12.2 Å². The molecule has 1 aliphatic heterocycles. The highest BCUT2D eigenvalue weighted by molar-refractivity contribution is 5.64. The molecule has 0 aliphatic carbocycles. The van der Waals surface area contributed by atoms with Crippen molar-refractivity contribution in [3.63, 3.8) is 0 Å². The Labute approximate surface area is 176 Å². The molecule has 1 fully saturated rings. The van der Waals surface area contributed by atoms with E-state index in [1.165, 1.54) is 6.07 Å². The smallest absolute Gasteiger partial charge is 0.148 e. The number of rotatable bonds is 8. The van der Waals surface area contributed by atoms with Crippen LogP contribution in [0.15, 0.2) is 54.7 Å². The fourth-order valence-corrected chi connectivity index (χ4v) is 3.58. The summed E-state index contributed by atoms with van der Waals surface area (Å²) in [5.74, 6) is 0.491. The van der Waals surface area contributed by atoms with Gasteiger partial charge in [0.25, 0.3) is 0 Å². The lowest BCUT2D eigenvalue weighted by atomic mass is 10.1. The molecule has 0 amide bonds. The molecule has 7 heteroatoms. The molecule has 0 saturated carbocycles. The molecule has 1 N–H and O–H groups in total. The molecule has 1 aliphatic rings. The SMILES string of the molecule is COc1ccc(-c2nn(-c3ccccc3F)cc2CNCCN2CCOCC2)cc1. The lowest BCUT2D eigenvalue weighted by Crippen LogP contribution is -2.40. The van der Waals surface area contributed by atoms with Crippen LogP contribution in [0.5, 0.6) is 5.75 Å². The van der Waals surface area contributed by atoms with E-state index in [0.717, 1.165) is 62.0 Å². The summed E-state index contributed by atoms with van der Waals surface area (Å²) < 4.78 is 26.6. The van der Waals surface area contributed by atoms with Gasteiger partial charge < -0.3 is 14.8 Å². The van der Waals surface area contributed by atoms with Crippen LogP contribution in [0, 0.1) is 5.82 Å². The van der Waals surface area contributed by atoms with Crippen LogP contribution in [0.3, 0.4) is 0 Å². The molecular weight excluding hydrogens is 383 g/mol. The van der Waals surface area contributed by atoms with Crippen LogP contribution in [0.1, 0.15) is 5.56 Å². The summed E-state index contributed by atoms with van der Waals surface area (Å²) in [5.41, 5.74) is 3.26. The molecule has 1 aromatic heterocycles. The van der Waals surface area contributed by atoms with Crippen molar-refractivity contribution in [3.05, 3.63) is 66.1 Å². The van der Waals surface area contributed by atoms with Gasteiger partial charge in [0.15, 0.2) is 0 Å². The Balaban J connectivity index is 1.53. The van der Waals surface area contributed by atoms with Crippen LogP contribution in [-0.2, 0) is 11.3 Å². The number of nitrogens with one attached hydrogen (secondary N) is 1. The number of morpholine rings is 1. The van der Waals surface area contributed by atoms with Gasteiger partial charge in [-0.15, -0.1) is 0 Å². The molecular formula is C23H27FN4O2. The lowest BCUT2D eigenvalue weighted by molar-refractivity contribution is 0.0384. The fourth-order valence-electron chi connectivity index (χ4n) is 3.58. The average Bonchev–Trinajstić information content (AvgIpc) is 3.21. The van der Waals surface area contributed by atoms with E-state index in [1.807, 2.05) is 36.5 Å². The molecule has 1 saturated heterocycles. The molecule has 0 bridgehead atoms. The van der Waals surface area contributed by atoms with Crippen molar-refractivity contribution in [1.29, 1.82) is 0 Å². The Hall–Kier alpha value is -2.74. The number of benzene rings is 2. The Morgan fingerprint density at radius 1 is 1.10 bits per heavy atom. The monoisotopic (exact) mass is 410 g/mol. The Morgan fingerprint density at radius 3 is 2.60 bits per heavy atom. The number of methoxy groups -OCH3 is 1. The van der Waals surface area contributed by atoms with Gasteiger partial charge in [-0.25, -0.2) is 9.07 Å². The molecule has 0 atom stereocenters. The standard InChI is InChI=1S/C23H27FN4O2/c1-29-20-8-6-18(7-9-20)23-19(16-25-10-11-27-12-14-30-15-13-27)17-28(26-23)22-5-3-2-4-21(22)24/h2-9,17,25H,10-16H2,1H3. The average molecular weight is 410 g/mol. The highest BCUT2D eigenvalue weighted by atomic mass is 19.1. The number of halogens is 1. The number of aromatic nitrogens is 2. The van der Waals surface area contributed by atoms with E-state index in [9.17, 15) is 4.39 Å². The van der Waals surface area contributed by atoms with E-state index in [2.05, 4.69) is 10.2 Å². The van der Waals surface area contributed by atoms with Crippen molar-refractivity contribution in [2.75, 3.05) is 46.5 Å². The number of nitrogens with zero attached hydrogens (tertiary/aromatic N) is 3. The third-order valence-electron chi connectivity index (χ3n) is 5.28. The van der Waals surface area contributed by atoms with Gasteiger partial charge >= 0.3 is 0 Å². The third-order valence-corrected chi connectivity index (χ3v) is 5.28. The van der Waals surface area contributed by atoms with Gasteiger partial charge in [-0.05, 0) is 36.4 Å². The first kappa shape index (κ1) is 20.5. The largest absolute Gasteiger partial charge is 0.497 e. The van der Waals surface area contributed by atoms with Crippen molar-refractivity contribution in [3.8, 4) is 22.7 Å². The minimum atomic E-state index is -0.298. The van der Waals surface area contributed by atoms with Crippen molar-refractivity contribution >= 4 is 0 Å². The summed E-state index contributed by atoms with van der Waals surface area (Å²) in [7, 11) is 1.64. The van der Waals surface area contributed by atoms with E-state index >= 15 is 0 Å². The zero-order valence-corrected chi connectivity index (χ0v) is 17.2. The maximum Gasteiger partial charge on any atom is 0.148 e. The van der Waals surface area contributed by atoms with Crippen LogP contribution in [0.25, 0.3) is 16.9 Å². The fraction of sp³-hybridized carbons (Fsp3) is 0.348. The Bertz CT molecular complexity index is 952. The molecule has 0 spiro atoms. The Morgan fingerprint density at radius 2 is 1.87 bits per heavy atom. The van der Waals surface area contributed by atoms with Crippen molar-refractivity contribution in [2.45, 2.75) is 6.54 Å². The van der Waals surface area contributed by atoms with Crippen molar-refractivity contribution in [1.82, 2.24) is 20.0 Å². The molecule has 2 aromatic carbocycles. The number of para-hydroxylation sites is 1.